The average molecular weight is 465 g/mol. The van der Waals surface area contributed by atoms with Crippen molar-refractivity contribution in [2.24, 2.45) is 0 Å². The van der Waals surface area contributed by atoms with E-state index in [-0.39, 0.29) is 19.0 Å². The lowest BCUT2D eigenvalue weighted by molar-refractivity contribution is -0.119. The van der Waals surface area contributed by atoms with E-state index in [1.54, 1.807) is 35.4 Å². The minimum Gasteiger partial charge on any atom is -0.408 e. The first kappa shape index (κ1) is 20.4. The average Bonchev–Trinajstić information content (AvgIpc) is 3.34. The van der Waals surface area contributed by atoms with Crippen molar-refractivity contribution in [1.82, 2.24) is 14.5 Å². The highest BCUT2D eigenvalue weighted by Gasteiger charge is 2.23. The van der Waals surface area contributed by atoms with E-state index >= 15 is 0 Å². The number of rotatable bonds is 5. The number of thiazole rings is 1. The molecule has 0 aliphatic carbocycles. The molecule has 7 nitrogen and oxygen atoms in total. The second kappa shape index (κ2) is 8.22. The first-order chi connectivity index (χ1) is 15.5. The Morgan fingerprint density at radius 2 is 2.00 bits per heavy atom. The Balaban J connectivity index is 1.56. The van der Waals surface area contributed by atoms with Crippen LogP contribution in [0.2, 0.25) is 5.02 Å². The molecule has 0 fully saturated rings. The number of hydrogen-bond donors (Lipinski definition) is 0. The first-order valence-electron chi connectivity index (χ1n) is 9.85. The SMILES string of the molecule is Cc1cc(Cl)cc2sc(N(Cc3ccccn3)C(=O)Cn3c(=O)oc4ccccc43)nc12. The van der Waals surface area contributed by atoms with Crippen molar-refractivity contribution in [3.8, 4) is 0 Å². The normalized spacial score (nSPS) is 11.3. The lowest BCUT2D eigenvalue weighted by Crippen LogP contribution is -2.35. The van der Waals surface area contributed by atoms with Gasteiger partial charge in [0.05, 0.1) is 28.0 Å². The number of halogens is 1. The Hall–Kier alpha value is -3.49. The fourth-order valence-corrected chi connectivity index (χ4v) is 5.00. The van der Waals surface area contributed by atoms with Gasteiger partial charge < -0.3 is 4.42 Å². The lowest BCUT2D eigenvalue weighted by atomic mass is 10.2. The van der Waals surface area contributed by atoms with Gasteiger partial charge in [-0.1, -0.05) is 41.1 Å². The van der Waals surface area contributed by atoms with Gasteiger partial charge in [-0.15, -0.1) is 0 Å². The number of benzene rings is 2. The van der Waals surface area contributed by atoms with E-state index in [1.807, 2.05) is 37.3 Å². The van der Waals surface area contributed by atoms with Gasteiger partial charge in [-0.05, 0) is 48.9 Å². The summed E-state index contributed by atoms with van der Waals surface area (Å²) in [6.45, 7) is 1.97. The lowest BCUT2D eigenvalue weighted by Gasteiger charge is -2.19. The van der Waals surface area contributed by atoms with Crippen LogP contribution in [-0.4, -0.2) is 20.4 Å². The Labute approximate surface area is 191 Å². The molecule has 5 rings (SSSR count). The van der Waals surface area contributed by atoms with Crippen molar-refractivity contribution in [2.75, 3.05) is 4.90 Å². The third kappa shape index (κ3) is 3.79. The van der Waals surface area contributed by atoms with E-state index in [4.69, 9.17) is 21.0 Å². The summed E-state index contributed by atoms with van der Waals surface area (Å²) in [5.41, 5.74) is 3.43. The molecule has 9 heteroatoms. The van der Waals surface area contributed by atoms with Crippen LogP contribution >= 0.6 is 22.9 Å². The summed E-state index contributed by atoms with van der Waals surface area (Å²) in [6, 6.07) is 16.2. The van der Waals surface area contributed by atoms with Gasteiger partial charge in [0.15, 0.2) is 10.7 Å². The van der Waals surface area contributed by atoms with Crippen molar-refractivity contribution in [2.45, 2.75) is 20.0 Å². The van der Waals surface area contributed by atoms with Crippen molar-refractivity contribution in [3.63, 3.8) is 0 Å². The zero-order chi connectivity index (χ0) is 22.2. The van der Waals surface area contributed by atoms with Crippen molar-refractivity contribution >= 4 is 55.3 Å². The molecular formula is C23H17ClN4O3S. The molecule has 0 bridgehead atoms. The minimum absolute atomic E-state index is 0.182. The number of para-hydroxylation sites is 2. The van der Waals surface area contributed by atoms with Crippen LogP contribution in [0.1, 0.15) is 11.3 Å². The van der Waals surface area contributed by atoms with Gasteiger partial charge in [0, 0.05) is 11.2 Å². The molecule has 0 radical (unpaired) electrons. The number of amides is 1. The number of pyridine rings is 1. The number of carbonyl (C=O) groups is 1. The van der Waals surface area contributed by atoms with E-state index in [1.165, 1.54) is 15.9 Å². The second-order valence-corrected chi connectivity index (χ2v) is 8.73. The zero-order valence-electron chi connectivity index (χ0n) is 17.0. The summed E-state index contributed by atoms with van der Waals surface area (Å²) < 4.78 is 7.49. The summed E-state index contributed by atoms with van der Waals surface area (Å²) in [5.74, 6) is -0.878. The third-order valence-corrected chi connectivity index (χ3v) is 6.33. The highest BCUT2D eigenvalue weighted by atomic mass is 35.5. The molecule has 2 aromatic carbocycles. The first-order valence-corrected chi connectivity index (χ1v) is 11.0. The van der Waals surface area contributed by atoms with Gasteiger partial charge in [-0.3, -0.25) is 19.2 Å². The molecule has 5 aromatic rings. The predicted octanol–water partition coefficient (Wildman–Crippen LogP) is 4.79. The molecule has 0 unspecified atom stereocenters. The summed E-state index contributed by atoms with van der Waals surface area (Å²) in [5, 5.41) is 1.13. The summed E-state index contributed by atoms with van der Waals surface area (Å²) >= 11 is 7.59. The highest BCUT2D eigenvalue weighted by molar-refractivity contribution is 7.22. The molecular weight excluding hydrogens is 448 g/mol. The van der Waals surface area contributed by atoms with Crippen molar-refractivity contribution < 1.29 is 9.21 Å². The molecule has 1 amide bonds. The Morgan fingerprint density at radius 3 is 2.81 bits per heavy atom. The standard InChI is InChI=1S/C23H17ClN4O3S/c1-14-10-15(24)11-19-21(14)26-22(32-19)28(12-16-6-4-5-9-25-16)20(29)13-27-17-7-2-3-8-18(17)31-23(27)30/h2-11H,12-13H2,1H3. The molecule has 0 atom stereocenters. The summed E-state index contributed by atoms with van der Waals surface area (Å²) in [6.07, 6.45) is 1.67. The fraction of sp³-hybridized carbons (Fsp3) is 0.130. The van der Waals surface area contributed by atoms with Crippen LogP contribution in [0, 0.1) is 6.92 Å². The van der Waals surface area contributed by atoms with Crippen LogP contribution in [0.5, 0.6) is 0 Å². The number of hydrogen-bond acceptors (Lipinski definition) is 6. The largest absolute Gasteiger partial charge is 0.420 e. The van der Waals surface area contributed by atoms with Crippen LogP contribution < -0.4 is 10.7 Å². The Morgan fingerprint density at radius 1 is 1.19 bits per heavy atom. The Bertz CT molecular complexity index is 1510. The topological polar surface area (TPSA) is 81.2 Å². The quantitative estimate of drug-likeness (QED) is 0.373. The van der Waals surface area contributed by atoms with Gasteiger partial charge in [0.2, 0.25) is 5.91 Å². The molecule has 0 aliphatic rings. The highest BCUT2D eigenvalue weighted by Crippen LogP contribution is 2.33. The minimum atomic E-state index is -0.579. The van der Waals surface area contributed by atoms with Gasteiger partial charge in [0.25, 0.3) is 0 Å². The number of aromatic nitrogens is 3. The second-order valence-electron chi connectivity index (χ2n) is 7.29. The van der Waals surface area contributed by atoms with Gasteiger partial charge in [0.1, 0.15) is 6.54 Å². The molecule has 3 aromatic heterocycles. The third-order valence-electron chi connectivity index (χ3n) is 5.08. The number of anilines is 1. The molecule has 0 N–H and O–H groups in total. The maximum Gasteiger partial charge on any atom is 0.420 e. The monoisotopic (exact) mass is 464 g/mol. The fourth-order valence-electron chi connectivity index (χ4n) is 3.56. The van der Waals surface area contributed by atoms with E-state index in [2.05, 4.69) is 4.98 Å². The van der Waals surface area contributed by atoms with Crippen molar-refractivity contribution in [3.05, 3.63) is 87.6 Å². The predicted molar refractivity (Wildman–Crippen MR) is 125 cm³/mol. The number of carbonyl (C=O) groups excluding carboxylic acids is 1. The van der Waals surface area contributed by atoms with Gasteiger partial charge in [-0.2, -0.15) is 0 Å². The number of aryl methyl sites for hydroxylation is 1. The maximum atomic E-state index is 13.5. The van der Waals surface area contributed by atoms with Gasteiger partial charge >= 0.3 is 5.76 Å². The number of fused-ring (bicyclic) bond motifs is 2. The van der Waals surface area contributed by atoms with E-state index in [0.717, 1.165) is 15.8 Å². The smallest absolute Gasteiger partial charge is 0.408 e. The number of oxazole rings is 1. The molecule has 0 saturated heterocycles. The van der Waals surface area contributed by atoms with Crippen LogP contribution in [-0.2, 0) is 17.9 Å². The molecule has 0 aliphatic heterocycles. The zero-order valence-corrected chi connectivity index (χ0v) is 18.6. The molecule has 160 valence electrons. The summed E-state index contributed by atoms with van der Waals surface area (Å²) in [7, 11) is 0. The van der Waals surface area contributed by atoms with Gasteiger partial charge in [-0.25, -0.2) is 9.78 Å². The van der Waals surface area contributed by atoms with Crippen LogP contribution in [0.25, 0.3) is 21.3 Å². The molecule has 32 heavy (non-hydrogen) atoms. The van der Waals surface area contributed by atoms with Crippen molar-refractivity contribution in [1.29, 1.82) is 0 Å². The van der Waals surface area contributed by atoms with Crippen LogP contribution in [0.4, 0.5) is 5.13 Å². The summed E-state index contributed by atoms with van der Waals surface area (Å²) in [4.78, 5) is 36.5. The van der Waals surface area contributed by atoms with E-state index < -0.39 is 5.76 Å². The number of nitrogens with zero attached hydrogens (tertiary/aromatic N) is 4. The van der Waals surface area contributed by atoms with E-state index in [9.17, 15) is 9.59 Å². The van der Waals surface area contributed by atoms with Crippen LogP contribution in [0.3, 0.4) is 0 Å². The Kier molecular flexibility index (Phi) is 5.24. The van der Waals surface area contributed by atoms with E-state index in [0.29, 0.717) is 26.9 Å². The molecule has 0 spiro atoms. The molecule has 3 heterocycles. The maximum absolute atomic E-state index is 13.5. The molecule has 0 saturated carbocycles. The van der Waals surface area contributed by atoms with Crippen LogP contribution in [0.15, 0.2) is 70.0 Å².